The van der Waals surface area contributed by atoms with E-state index in [1.807, 2.05) is 24.3 Å². The third-order valence-corrected chi connectivity index (χ3v) is 4.70. The molecule has 0 atom stereocenters. The molecule has 3 aromatic carbocycles. The number of phenols is 1. The molecule has 144 valence electrons. The normalized spacial score (nSPS) is 10.5. The number of benzene rings is 3. The third kappa shape index (κ3) is 4.18. The molecule has 0 aliphatic heterocycles. The van der Waals surface area contributed by atoms with E-state index in [1.165, 1.54) is 6.07 Å². The van der Waals surface area contributed by atoms with Crippen LogP contribution in [0.25, 0.3) is 10.8 Å². The Morgan fingerprint density at radius 3 is 2.46 bits per heavy atom. The van der Waals surface area contributed by atoms with Crippen molar-refractivity contribution in [1.82, 2.24) is 10.6 Å². The molecule has 0 aliphatic rings. The molecule has 0 aliphatic carbocycles. The number of rotatable bonds is 5. The van der Waals surface area contributed by atoms with Gasteiger partial charge in [-0.05, 0) is 24.1 Å². The summed E-state index contributed by atoms with van der Waals surface area (Å²) in [4.78, 5) is 24.1. The SMILES string of the molecule is CNC(=O)Nc1ccccc1CCNC(=O)c1cc(Cl)c2ccccc2c1O. The highest BCUT2D eigenvalue weighted by atomic mass is 35.5. The summed E-state index contributed by atoms with van der Waals surface area (Å²) in [6.07, 6.45) is 0.508. The Balaban J connectivity index is 1.71. The second-order valence-electron chi connectivity index (χ2n) is 6.17. The summed E-state index contributed by atoms with van der Waals surface area (Å²) in [5, 5.41) is 20.1. The van der Waals surface area contributed by atoms with Gasteiger partial charge in [-0.25, -0.2) is 4.79 Å². The minimum atomic E-state index is -0.415. The van der Waals surface area contributed by atoms with Gasteiger partial charge in [-0.15, -0.1) is 0 Å². The summed E-state index contributed by atoms with van der Waals surface area (Å²) in [5.74, 6) is -0.513. The lowest BCUT2D eigenvalue weighted by atomic mass is 10.0. The molecule has 3 rings (SSSR count). The van der Waals surface area contributed by atoms with Crippen molar-refractivity contribution in [1.29, 1.82) is 0 Å². The molecule has 0 aromatic heterocycles. The maximum absolute atomic E-state index is 12.6. The smallest absolute Gasteiger partial charge is 0.318 e. The predicted molar refractivity (Wildman–Crippen MR) is 111 cm³/mol. The van der Waals surface area contributed by atoms with Crippen molar-refractivity contribution in [3.8, 4) is 5.75 Å². The highest BCUT2D eigenvalue weighted by molar-refractivity contribution is 6.36. The van der Waals surface area contributed by atoms with Gasteiger partial charge in [0.25, 0.3) is 5.91 Å². The van der Waals surface area contributed by atoms with Crippen molar-refractivity contribution >= 4 is 40.0 Å². The number of carbonyl (C=O) groups excluding carboxylic acids is 2. The molecular formula is C21H20ClN3O3. The second-order valence-corrected chi connectivity index (χ2v) is 6.57. The van der Waals surface area contributed by atoms with Gasteiger partial charge in [-0.3, -0.25) is 4.79 Å². The van der Waals surface area contributed by atoms with Crippen molar-refractivity contribution in [2.45, 2.75) is 6.42 Å². The summed E-state index contributed by atoms with van der Waals surface area (Å²) in [5.41, 5.74) is 1.68. The largest absolute Gasteiger partial charge is 0.506 e. The summed E-state index contributed by atoms with van der Waals surface area (Å²) < 4.78 is 0. The molecule has 0 unspecified atom stereocenters. The number of hydrogen-bond acceptors (Lipinski definition) is 3. The minimum Gasteiger partial charge on any atom is -0.506 e. The monoisotopic (exact) mass is 397 g/mol. The number of anilines is 1. The van der Waals surface area contributed by atoms with Crippen LogP contribution in [0.15, 0.2) is 54.6 Å². The van der Waals surface area contributed by atoms with Crippen LogP contribution in [0, 0.1) is 0 Å². The van der Waals surface area contributed by atoms with Gasteiger partial charge >= 0.3 is 6.03 Å². The van der Waals surface area contributed by atoms with Crippen molar-refractivity contribution < 1.29 is 14.7 Å². The average molecular weight is 398 g/mol. The molecule has 0 bridgehead atoms. The lowest BCUT2D eigenvalue weighted by Gasteiger charge is -2.13. The Bertz CT molecular complexity index is 1040. The zero-order chi connectivity index (χ0) is 20.1. The molecule has 0 saturated heterocycles. The fourth-order valence-electron chi connectivity index (χ4n) is 2.94. The third-order valence-electron chi connectivity index (χ3n) is 4.38. The quantitative estimate of drug-likeness (QED) is 0.526. The fraction of sp³-hybridized carbons (Fsp3) is 0.143. The molecule has 4 N–H and O–H groups in total. The molecular weight excluding hydrogens is 378 g/mol. The van der Waals surface area contributed by atoms with Crippen LogP contribution in [0.2, 0.25) is 5.02 Å². The molecule has 0 spiro atoms. The molecule has 28 heavy (non-hydrogen) atoms. The van der Waals surface area contributed by atoms with Gasteiger partial charge in [0.05, 0.1) is 5.56 Å². The summed E-state index contributed by atoms with van der Waals surface area (Å²) >= 11 is 6.25. The first-order valence-electron chi connectivity index (χ1n) is 8.76. The zero-order valence-corrected chi connectivity index (χ0v) is 16.0. The minimum absolute atomic E-state index is 0.0980. The van der Waals surface area contributed by atoms with Gasteiger partial charge in [0.1, 0.15) is 5.75 Å². The number of fused-ring (bicyclic) bond motifs is 1. The van der Waals surface area contributed by atoms with Crippen LogP contribution in [-0.4, -0.2) is 30.6 Å². The molecule has 3 aromatic rings. The van der Waals surface area contributed by atoms with Crippen LogP contribution in [0.4, 0.5) is 10.5 Å². The number of nitrogens with one attached hydrogen (secondary N) is 3. The van der Waals surface area contributed by atoms with Crippen LogP contribution < -0.4 is 16.0 Å². The number of aromatic hydroxyl groups is 1. The number of carbonyl (C=O) groups is 2. The van der Waals surface area contributed by atoms with E-state index < -0.39 is 5.91 Å². The Labute approximate surface area is 167 Å². The van der Waals surface area contributed by atoms with Gasteiger partial charge in [0.2, 0.25) is 0 Å². The average Bonchev–Trinajstić information content (AvgIpc) is 2.71. The Morgan fingerprint density at radius 1 is 1.04 bits per heavy atom. The number of urea groups is 1. The topological polar surface area (TPSA) is 90.5 Å². The number of amides is 3. The first-order valence-corrected chi connectivity index (χ1v) is 9.14. The van der Waals surface area contributed by atoms with Crippen LogP contribution >= 0.6 is 11.6 Å². The summed E-state index contributed by atoms with van der Waals surface area (Å²) in [6, 6.07) is 15.6. The van der Waals surface area contributed by atoms with E-state index in [0.29, 0.717) is 34.4 Å². The van der Waals surface area contributed by atoms with Gasteiger partial charge in [-0.2, -0.15) is 0 Å². The fourth-order valence-corrected chi connectivity index (χ4v) is 3.21. The standard InChI is InChI=1S/C21H20ClN3O3/c1-23-21(28)25-18-9-5-2-6-13(18)10-11-24-20(27)16-12-17(22)14-7-3-4-8-15(14)19(16)26/h2-9,12,26H,10-11H2,1H3,(H,24,27)(H2,23,25,28). The van der Waals surface area contributed by atoms with Crippen molar-refractivity contribution in [2.24, 2.45) is 0 Å². The lowest BCUT2D eigenvalue weighted by molar-refractivity contribution is 0.0951. The van der Waals surface area contributed by atoms with Crippen LogP contribution in [0.5, 0.6) is 5.75 Å². The van der Waals surface area contributed by atoms with Crippen LogP contribution in [-0.2, 0) is 6.42 Å². The number of halogens is 1. The molecule has 3 amide bonds. The van der Waals surface area contributed by atoms with E-state index in [4.69, 9.17) is 11.6 Å². The molecule has 6 nitrogen and oxygen atoms in total. The summed E-state index contributed by atoms with van der Waals surface area (Å²) in [7, 11) is 1.54. The highest BCUT2D eigenvalue weighted by Crippen LogP contribution is 2.34. The lowest BCUT2D eigenvalue weighted by Crippen LogP contribution is -2.27. The molecule has 7 heteroatoms. The zero-order valence-electron chi connectivity index (χ0n) is 15.3. The maximum Gasteiger partial charge on any atom is 0.318 e. The van der Waals surface area contributed by atoms with Gasteiger partial charge in [0, 0.05) is 35.1 Å². The first kappa shape index (κ1) is 19.5. The highest BCUT2D eigenvalue weighted by Gasteiger charge is 2.16. The van der Waals surface area contributed by atoms with Gasteiger partial charge in [-0.1, -0.05) is 54.1 Å². The Kier molecular flexibility index (Phi) is 6.01. The van der Waals surface area contributed by atoms with Crippen molar-refractivity contribution in [3.05, 3.63) is 70.7 Å². The van der Waals surface area contributed by atoms with E-state index in [9.17, 15) is 14.7 Å². The molecule has 0 heterocycles. The second kappa shape index (κ2) is 8.63. The predicted octanol–water partition coefficient (Wildman–Crippen LogP) is 3.92. The van der Waals surface area contributed by atoms with Crippen molar-refractivity contribution in [3.63, 3.8) is 0 Å². The van der Waals surface area contributed by atoms with E-state index in [0.717, 1.165) is 5.56 Å². The molecule has 0 radical (unpaired) electrons. The number of phenolic OH excluding ortho intramolecular Hbond substituents is 1. The Morgan fingerprint density at radius 2 is 1.71 bits per heavy atom. The molecule has 0 saturated carbocycles. The van der Waals surface area contributed by atoms with Gasteiger partial charge in [0.15, 0.2) is 0 Å². The van der Waals surface area contributed by atoms with Crippen LogP contribution in [0.3, 0.4) is 0 Å². The maximum atomic E-state index is 12.6. The Hall–Kier alpha value is -3.25. The summed E-state index contributed by atoms with van der Waals surface area (Å²) in [6.45, 7) is 0.329. The van der Waals surface area contributed by atoms with Gasteiger partial charge < -0.3 is 21.1 Å². The van der Waals surface area contributed by atoms with Crippen LogP contribution in [0.1, 0.15) is 15.9 Å². The molecule has 0 fully saturated rings. The first-order chi connectivity index (χ1) is 13.5. The van der Waals surface area contributed by atoms with E-state index >= 15 is 0 Å². The number of para-hydroxylation sites is 1. The number of hydrogen-bond donors (Lipinski definition) is 4. The van der Waals surface area contributed by atoms with E-state index in [1.54, 1.807) is 31.3 Å². The van der Waals surface area contributed by atoms with Crippen molar-refractivity contribution in [2.75, 3.05) is 18.9 Å². The van der Waals surface area contributed by atoms with E-state index in [-0.39, 0.29) is 17.3 Å². The van der Waals surface area contributed by atoms with E-state index in [2.05, 4.69) is 16.0 Å².